The highest BCUT2D eigenvalue weighted by atomic mass is 16.6. The third kappa shape index (κ3) is 2.69. The molecule has 2 aromatic rings. The van der Waals surface area contributed by atoms with Crippen LogP contribution in [0.15, 0.2) is 30.6 Å². The quantitative estimate of drug-likeness (QED) is 0.671. The van der Waals surface area contributed by atoms with Crippen LogP contribution in [0.3, 0.4) is 0 Å². The number of nitrogens with zero attached hydrogens (tertiary/aromatic N) is 3. The summed E-state index contributed by atoms with van der Waals surface area (Å²) < 4.78 is 5.33. The topological polar surface area (TPSA) is 115 Å². The minimum absolute atomic E-state index is 0.281. The molecule has 0 aliphatic heterocycles. The fraction of sp³-hybridized carbons (Fsp3) is 0.0833. The highest BCUT2D eigenvalue weighted by Crippen LogP contribution is 2.30. The Balaban J connectivity index is 2.44. The van der Waals surface area contributed by atoms with E-state index in [1.54, 1.807) is 25.3 Å². The fourth-order valence-electron chi connectivity index (χ4n) is 1.45. The third-order valence-electron chi connectivity index (χ3n) is 2.44. The Morgan fingerprint density at radius 2 is 2.20 bits per heavy atom. The van der Waals surface area contributed by atoms with Gasteiger partial charge in [-0.2, -0.15) is 0 Å². The Bertz CT molecular complexity index is 687. The van der Waals surface area contributed by atoms with Gasteiger partial charge in [0.05, 0.1) is 16.2 Å². The van der Waals surface area contributed by atoms with Crippen LogP contribution >= 0.6 is 0 Å². The Kier molecular flexibility index (Phi) is 3.56. The molecule has 2 aromatic heterocycles. The van der Waals surface area contributed by atoms with Crippen molar-refractivity contribution in [3.63, 3.8) is 0 Å². The number of carboxylic acids is 1. The number of nitro groups is 1. The number of pyridine rings is 2. The SMILES string of the molecule is Cc1ncccc1Oc1ncc(C(=O)O)cc1[N+](=O)[O-]. The zero-order valence-electron chi connectivity index (χ0n) is 10.3. The molecule has 1 N–H and O–H groups in total. The highest BCUT2D eigenvalue weighted by molar-refractivity contribution is 5.88. The second-order valence-electron chi connectivity index (χ2n) is 3.80. The average molecular weight is 275 g/mol. The molecule has 0 aliphatic carbocycles. The molecule has 20 heavy (non-hydrogen) atoms. The van der Waals surface area contributed by atoms with Crippen LogP contribution in [0, 0.1) is 17.0 Å². The molecule has 0 spiro atoms. The highest BCUT2D eigenvalue weighted by Gasteiger charge is 2.21. The van der Waals surface area contributed by atoms with Crippen molar-refractivity contribution in [2.45, 2.75) is 6.92 Å². The van der Waals surface area contributed by atoms with Crippen LogP contribution in [0.5, 0.6) is 11.6 Å². The molecule has 2 rings (SSSR count). The zero-order valence-corrected chi connectivity index (χ0v) is 10.3. The first-order valence-electron chi connectivity index (χ1n) is 5.46. The molecular weight excluding hydrogens is 266 g/mol. The van der Waals surface area contributed by atoms with Gasteiger partial charge < -0.3 is 9.84 Å². The number of carbonyl (C=O) groups is 1. The van der Waals surface area contributed by atoms with Crippen LogP contribution < -0.4 is 4.74 Å². The van der Waals surface area contributed by atoms with Gasteiger partial charge in [0.2, 0.25) is 0 Å². The molecule has 0 unspecified atom stereocenters. The first-order chi connectivity index (χ1) is 9.49. The number of hydrogen-bond donors (Lipinski definition) is 1. The van der Waals surface area contributed by atoms with E-state index in [2.05, 4.69) is 9.97 Å². The molecule has 0 aliphatic rings. The van der Waals surface area contributed by atoms with Gasteiger partial charge in [0, 0.05) is 18.5 Å². The number of aryl methyl sites for hydroxylation is 1. The molecule has 0 bridgehead atoms. The number of rotatable bonds is 4. The number of aromatic carboxylic acids is 1. The lowest BCUT2D eigenvalue weighted by atomic mass is 10.2. The summed E-state index contributed by atoms with van der Waals surface area (Å²) in [5, 5.41) is 19.8. The first-order valence-corrected chi connectivity index (χ1v) is 5.46. The molecule has 0 atom stereocenters. The van der Waals surface area contributed by atoms with Crippen molar-refractivity contribution in [3.8, 4) is 11.6 Å². The van der Waals surface area contributed by atoms with Crippen molar-refractivity contribution >= 4 is 11.7 Å². The van der Waals surface area contributed by atoms with E-state index in [9.17, 15) is 14.9 Å². The maximum atomic E-state index is 10.9. The van der Waals surface area contributed by atoms with E-state index < -0.39 is 16.6 Å². The van der Waals surface area contributed by atoms with Gasteiger partial charge in [0.1, 0.15) is 0 Å². The lowest BCUT2D eigenvalue weighted by Gasteiger charge is -2.07. The maximum Gasteiger partial charge on any atom is 0.337 e. The fourth-order valence-corrected chi connectivity index (χ4v) is 1.45. The Labute approximate surface area is 112 Å². The minimum Gasteiger partial charge on any atom is -0.478 e. The standard InChI is InChI=1S/C12H9N3O5/c1-7-10(3-2-4-13-7)20-11-9(15(18)19)5-8(6-14-11)12(16)17/h2-6H,1H3,(H,16,17). The lowest BCUT2D eigenvalue weighted by molar-refractivity contribution is -0.386. The Morgan fingerprint density at radius 1 is 1.45 bits per heavy atom. The second kappa shape index (κ2) is 5.31. The van der Waals surface area contributed by atoms with Crippen LogP contribution in [0.2, 0.25) is 0 Å². The van der Waals surface area contributed by atoms with E-state index in [1.807, 2.05) is 0 Å². The smallest absolute Gasteiger partial charge is 0.337 e. The number of hydrogen-bond acceptors (Lipinski definition) is 6. The van der Waals surface area contributed by atoms with Gasteiger partial charge in [-0.25, -0.2) is 9.78 Å². The molecule has 102 valence electrons. The van der Waals surface area contributed by atoms with Crippen molar-refractivity contribution < 1.29 is 19.6 Å². The normalized spacial score (nSPS) is 10.1. The molecule has 0 aromatic carbocycles. The Morgan fingerprint density at radius 3 is 2.80 bits per heavy atom. The van der Waals surface area contributed by atoms with Crippen LogP contribution in [-0.4, -0.2) is 26.0 Å². The predicted molar refractivity (Wildman–Crippen MR) is 66.9 cm³/mol. The number of carboxylic acid groups (broad SMARTS) is 1. The summed E-state index contributed by atoms with van der Waals surface area (Å²) in [4.78, 5) is 28.6. The van der Waals surface area contributed by atoms with Crippen molar-refractivity contribution in [2.75, 3.05) is 0 Å². The summed E-state index contributed by atoms with van der Waals surface area (Å²) >= 11 is 0. The molecule has 0 radical (unpaired) electrons. The van der Waals surface area contributed by atoms with Crippen molar-refractivity contribution in [1.82, 2.24) is 9.97 Å². The van der Waals surface area contributed by atoms with E-state index in [0.717, 1.165) is 12.3 Å². The molecule has 0 fully saturated rings. The summed E-state index contributed by atoms with van der Waals surface area (Å²) in [7, 11) is 0. The van der Waals surface area contributed by atoms with Crippen LogP contribution in [0.1, 0.15) is 16.1 Å². The molecule has 8 heteroatoms. The lowest BCUT2D eigenvalue weighted by Crippen LogP contribution is -2.02. The maximum absolute atomic E-state index is 10.9. The van der Waals surface area contributed by atoms with Gasteiger partial charge in [0.15, 0.2) is 5.75 Å². The van der Waals surface area contributed by atoms with Crippen LogP contribution in [0.4, 0.5) is 5.69 Å². The molecular formula is C12H9N3O5. The zero-order chi connectivity index (χ0) is 14.7. The first kappa shape index (κ1) is 13.4. The Hall–Kier alpha value is -3.03. The molecule has 8 nitrogen and oxygen atoms in total. The molecule has 2 heterocycles. The van der Waals surface area contributed by atoms with Gasteiger partial charge in [-0.3, -0.25) is 15.1 Å². The minimum atomic E-state index is -1.30. The summed E-state index contributed by atoms with van der Waals surface area (Å²) in [6, 6.07) is 4.09. The molecule has 0 amide bonds. The van der Waals surface area contributed by atoms with Gasteiger partial charge in [-0.05, 0) is 19.1 Å². The summed E-state index contributed by atoms with van der Waals surface area (Å²) in [6.07, 6.45) is 2.55. The number of ether oxygens (including phenoxy) is 1. The van der Waals surface area contributed by atoms with Gasteiger partial charge in [-0.15, -0.1) is 0 Å². The second-order valence-corrected chi connectivity index (χ2v) is 3.80. The van der Waals surface area contributed by atoms with Gasteiger partial charge in [-0.1, -0.05) is 0 Å². The van der Waals surface area contributed by atoms with Crippen LogP contribution in [-0.2, 0) is 0 Å². The van der Waals surface area contributed by atoms with E-state index in [4.69, 9.17) is 9.84 Å². The average Bonchev–Trinajstić information content (AvgIpc) is 2.41. The number of aromatic nitrogens is 2. The van der Waals surface area contributed by atoms with Gasteiger partial charge in [0.25, 0.3) is 5.88 Å². The predicted octanol–water partition coefficient (Wildman–Crippen LogP) is 2.18. The van der Waals surface area contributed by atoms with E-state index >= 15 is 0 Å². The van der Waals surface area contributed by atoms with Crippen LogP contribution in [0.25, 0.3) is 0 Å². The third-order valence-corrected chi connectivity index (χ3v) is 2.44. The summed E-state index contributed by atoms with van der Waals surface area (Å²) in [5.74, 6) is -1.27. The largest absolute Gasteiger partial charge is 0.478 e. The summed E-state index contributed by atoms with van der Waals surface area (Å²) in [6.45, 7) is 1.67. The van der Waals surface area contributed by atoms with E-state index in [0.29, 0.717) is 11.4 Å². The van der Waals surface area contributed by atoms with Crippen molar-refractivity contribution in [1.29, 1.82) is 0 Å². The van der Waals surface area contributed by atoms with Gasteiger partial charge >= 0.3 is 11.7 Å². The van der Waals surface area contributed by atoms with E-state index in [-0.39, 0.29) is 11.4 Å². The van der Waals surface area contributed by atoms with Crippen molar-refractivity contribution in [2.24, 2.45) is 0 Å². The van der Waals surface area contributed by atoms with Crippen molar-refractivity contribution in [3.05, 3.63) is 52.0 Å². The molecule has 0 saturated heterocycles. The molecule has 0 saturated carbocycles. The summed E-state index contributed by atoms with van der Waals surface area (Å²) in [5.41, 5.74) is -0.272. The van der Waals surface area contributed by atoms with E-state index in [1.165, 1.54) is 0 Å². The monoisotopic (exact) mass is 275 g/mol.